The molecule has 0 fully saturated rings. The Balaban J connectivity index is 2.60. The normalized spacial score (nSPS) is 10.7. The van der Waals surface area contributed by atoms with Crippen molar-refractivity contribution in [3.8, 4) is 0 Å². The molecule has 0 atom stereocenters. The van der Waals surface area contributed by atoms with Crippen molar-refractivity contribution in [3.63, 3.8) is 0 Å². The van der Waals surface area contributed by atoms with Crippen molar-refractivity contribution < 1.29 is 18.0 Å². The maximum absolute atomic E-state index is 12.2. The van der Waals surface area contributed by atoms with E-state index in [-0.39, 0.29) is 6.54 Å². The van der Waals surface area contributed by atoms with Gasteiger partial charge in [0.25, 0.3) is 5.91 Å². The van der Waals surface area contributed by atoms with Crippen LogP contribution in [0, 0.1) is 0 Å². The van der Waals surface area contributed by atoms with Gasteiger partial charge in [-0.2, -0.15) is 13.2 Å². The fraction of sp³-hybridized carbons (Fsp3) is 0.222. The predicted molar refractivity (Wildman–Crippen MR) is 52.7 cm³/mol. The second kappa shape index (κ2) is 4.96. The smallest absolute Gasteiger partial charge is 0.347 e. The van der Waals surface area contributed by atoms with Gasteiger partial charge >= 0.3 is 6.18 Å². The minimum absolute atomic E-state index is 0.00472. The summed E-state index contributed by atoms with van der Waals surface area (Å²) in [6.45, 7) is 3.20. The topological polar surface area (TPSA) is 42.0 Å². The number of nitrogens with zero attached hydrogens (tertiary/aromatic N) is 1. The number of alkyl halides is 3. The van der Waals surface area contributed by atoms with E-state index in [4.69, 9.17) is 0 Å². The number of aromatic nitrogens is 1. The summed E-state index contributed by atoms with van der Waals surface area (Å²) >= 11 is 0.499. The Labute approximate surface area is 93.3 Å². The van der Waals surface area contributed by atoms with Crippen molar-refractivity contribution in [2.45, 2.75) is 12.7 Å². The van der Waals surface area contributed by atoms with Gasteiger partial charge in [-0.05, 0) is 0 Å². The van der Waals surface area contributed by atoms with Crippen LogP contribution in [0.5, 0.6) is 0 Å². The van der Waals surface area contributed by atoms with Gasteiger partial charge in [0.15, 0.2) is 5.01 Å². The van der Waals surface area contributed by atoms with Crippen molar-refractivity contribution in [1.82, 2.24) is 10.3 Å². The second-order valence-electron chi connectivity index (χ2n) is 2.70. The van der Waals surface area contributed by atoms with E-state index < -0.39 is 17.1 Å². The molecule has 0 aromatic carbocycles. The van der Waals surface area contributed by atoms with Gasteiger partial charge in [-0.3, -0.25) is 4.79 Å². The van der Waals surface area contributed by atoms with Crippen LogP contribution >= 0.6 is 11.3 Å². The van der Waals surface area contributed by atoms with E-state index in [1.54, 1.807) is 0 Å². The zero-order valence-electron chi connectivity index (χ0n) is 7.97. The van der Waals surface area contributed by atoms with E-state index in [2.05, 4.69) is 22.6 Å². The maximum Gasteiger partial charge on any atom is 0.443 e. The number of hydrogen-bond acceptors (Lipinski definition) is 3. The van der Waals surface area contributed by atoms with Gasteiger partial charge in [-0.25, -0.2) is 4.98 Å². The van der Waals surface area contributed by atoms with E-state index in [1.165, 1.54) is 0 Å². The molecule has 1 amide bonds. The van der Waals surface area contributed by atoms with Gasteiger partial charge in [0.2, 0.25) is 0 Å². The number of thiazole rings is 1. The van der Waals surface area contributed by atoms with Gasteiger partial charge in [-0.15, -0.1) is 17.1 Å². The molecule has 1 N–H and O–H groups in total. The molecular formula is C9H7F3N2OS. The molecule has 0 spiro atoms. The van der Waals surface area contributed by atoms with Crippen LogP contribution in [-0.2, 0) is 17.5 Å². The highest BCUT2D eigenvalue weighted by Crippen LogP contribution is 2.32. The molecule has 0 aliphatic carbocycles. The van der Waals surface area contributed by atoms with E-state index in [1.807, 2.05) is 0 Å². The zero-order valence-corrected chi connectivity index (χ0v) is 8.78. The Morgan fingerprint density at radius 2 is 2.38 bits per heavy atom. The van der Waals surface area contributed by atoms with Crippen molar-refractivity contribution >= 4 is 17.2 Å². The number of halogens is 3. The first kappa shape index (κ1) is 12.5. The maximum atomic E-state index is 12.2. The number of carbonyl (C=O) groups is 1. The lowest BCUT2D eigenvalue weighted by atomic mass is 10.5. The molecule has 16 heavy (non-hydrogen) atoms. The molecule has 1 heterocycles. The van der Waals surface area contributed by atoms with Gasteiger partial charge in [0.1, 0.15) is 0 Å². The summed E-state index contributed by atoms with van der Waals surface area (Å²) in [7, 11) is 0. The summed E-state index contributed by atoms with van der Waals surface area (Å²) in [6, 6.07) is 0. The summed E-state index contributed by atoms with van der Waals surface area (Å²) in [5, 5.41) is 1.45. The predicted octanol–water partition coefficient (Wildman–Crippen LogP) is 2.12. The molecule has 0 bridgehead atoms. The number of hydrogen-bond donors (Lipinski definition) is 1. The summed E-state index contributed by atoms with van der Waals surface area (Å²) < 4.78 is 36.5. The molecule has 86 valence electrons. The SMILES string of the molecule is C=C=CC(=O)NCc1cnc(C(F)(F)F)s1. The average Bonchev–Trinajstić information content (AvgIpc) is 2.63. The Morgan fingerprint density at radius 1 is 1.69 bits per heavy atom. The van der Waals surface area contributed by atoms with Gasteiger partial charge in [0, 0.05) is 17.2 Å². The van der Waals surface area contributed by atoms with Gasteiger partial charge < -0.3 is 5.32 Å². The standard InChI is InChI=1S/C9H7F3N2OS/c1-2-3-7(15)13-4-6-5-14-8(16-6)9(10,11)12/h3,5H,1,4H2,(H,13,15). The number of carbonyl (C=O) groups excluding carboxylic acids is 1. The molecule has 0 saturated carbocycles. The number of amides is 1. The van der Waals surface area contributed by atoms with Crippen LogP contribution in [0.4, 0.5) is 13.2 Å². The molecule has 0 aliphatic rings. The van der Waals surface area contributed by atoms with E-state index in [9.17, 15) is 18.0 Å². The quantitative estimate of drug-likeness (QED) is 0.657. The summed E-state index contributed by atoms with van der Waals surface area (Å²) in [6.07, 6.45) is -2.29. The van der Waals surface area contributed by atoms with Crippen molar-refractivity contribution in [2.75, 3.05) is 0 Å². The molecule has 1 aromatic heterocycles. The van der Waals surface area contributed by atoms with Crippen LogP contribution < -0.4 is 5.32 Å². The van der Waals surface area contributed by atoms with Crippen LogP contribution in [0.1, 0.15) is 9.88 Å². The van der Waals surface area contributed by atoms with Crippen molar-refractivity contribution in [1.29, 1.82) is 0 Å². The first-order chi connectivity index (χ1) is 7.43. The minimum atomic E-state index is -4.44. The molecular weight excluding hydrogens is 241 g/mol. The second-order valence-corrected chi connectivity index (χ2v) is 3.81. The third-order valence-electron chi connectivity index (χ3n) is 1.47. The fourth-order valence-electron chi connectivity index (χ4n) is 0.838. The van der Waals surface area contributed by atoms with E-state index in [0.29, 0.717) is 16.2 Å². The first-order valence-corrected chi connectivity index (χ1v) is 4.90. The summed E-state index contributed by atoms with van der Waals surface area (Å²) in [4.78, 5) is 14.5. The van der Waals surface area contributed by atoms with Crippen LogP contribution in [0.2, 0.25) is 0 Å². The highest BCUT2D eigenvalue weighted by atomic mass is 32.1. The largest absolute Gasteiger partial charge is 0.443 e. The molecule has 1 aromatic rings. The van der Waals surface area contributed by atoms with E-state index in [0.717, 1.165) is 12.3 Å². The van der Waals surface area contributed by atoms with Crippen molar-refractivity contribution in [2.24, 2.45) is 0 Å². The van der Waals surface area contributed by atoms with Crippen LogP contribution in [-0.4, -0.2) is 10.9 Å². The Bertz CT molecular complexity index is 432. The summed E-state index contributed by atoms with van der Waals surface area (Å²) in [5.41, 5.74) is 2.25. The molecule has 1 rings (SSSR count). The minimum Gasteiger partial charge on any atom is -0.347 e. The zero-order chi connectivity index (χ0) is 12.2. The number of nitrogens with one attached hydrogen (secondary N) is 1. The Kier molecular flexibility index (Phi) is 3.87. The van der Waals surface area contributed by atoms with Gasteiger partial charge in [-0.1, -0.05) is 6.58 Å². The molecule has 3 nitrogen and oxygen atoms in total. The number of rotatable bonds is 3. The van der Waals surface area contributed by atoms with Crippen molar-refractivity contribution in [3.05, 3.63) is 34.5 Å². The molecule has 7 heteroatoms. The average molecular weight is 248 g/mol. The Hall–Kier alpha value is -1.59. The fourth-order valence-corrected chi connectivity index (χ4v) is 1.56. The monoisotopic (exact) mass is 248 g/mol. The lowest BCUT2D eigenvalue weighted by Gasteiger charge is -1.99. The Morgan fingerprint density at radius 3 is 2.88 bits per heavy atom. The molecule has 0 aliphatic heterocycles. The highest BCUT2D eigenvalue weighted by molar-refractivity contribution is 7.11. The van der Waals surface area contributed by atoms with E-state index >= 15 is 0 Å². The lowest BCUT2D eigenvalue weighted by Crippen LogP contribution is -2.19. The third-order valence-corrected chi connectivity index (χ3v) is 2.51. The third kappa shape index (κ3) is 3.52. The molecule has 0 radical (unpaired) electrons. The van der Waals surface area contributed by atoms with Crippen LogP contribution in [0.15, 0.2) is 24.6 Å². The highest BCUT2D eigenvalue weighted by Gasteiger charge is 2.34. The van der Waals surface area contributed by atoms with Crippen LogP contribution in [0.25, 0.3) is 0 Å². The van der Waals surface area contributed by atoms with Gasteiger partial charge in [0.05, 0.1) is 6.54 Å². The summed E-state index contributed by atoms with van der Waals surface area (Å²) in [5.74, 6) is -0.461. The van der Waals surface area contributed by atoms with Crippen LogP contribution in [0.3, 0.4) is 0 Å². The molecule has 0 unspecified atom stereocenters. The molecule has 0 saturated heterocycles. The lowest BCUT2D eigenvalue weighted by molar-refractivity contribution is -0.137. The first-order valence-electron chi connectivity index (χ1n) is 4.09.